The zero-order valence-electron chi connectivity index (χ0n) is 18.6. The standard InChI is InChI=1S/C23H32FN3O3/c1-16(2)27-15-17-7-6-8-18(20(17)25-27)19(28)9-10-23(24)11-13-26(14-12-23)21(29)30-22(3,4)5/h6-8,15-16H,9-14H2,1-5H3. The van der Waals surface area contributed by atoms with Crippen LogP contribution in [0.15, 0.2) is 24.4 Å². The van der Waals surface area contributed by atoms with Crippen LogP contribution in [0.25, 0.3) is 10.9 Å². The molecule has 1 amide bonds. The van der Waals surface area contributed by atoms with Crippen LogP contribution in [0.3, 0.4) is 0 Å². The second kappa shape index (κ2) is 8.36. The lowest BCUT2D eigenvalue weighted by Gasteiger charge is -2.37. The third kappa shape index (κ3) is 5.18. The van der Waals surface area contributed by atoms with Crippen molar-refractivity contribution in [1.29, 1.82) is 0 Å². The summed E-state index contributed by atoms with van der Waals surface area (Å²) in [6, 6.07) is 5.73. The molecule has 6 nitrogen and oxygen atoms in total. The van der Waals surface area contributed by atoms with Gasteiger partial charge in [-0.05, 0) is 59.9 Å². The van der Waals surface area contributed by atoms with Crippen molar-refractivity contribution < 1.29 is 18.7 Å². The summed E-state index contributed by atoms with van der Waals surface area (Å²) in [7, 11) is 0. The van der Waals surface area contributed by atoms with Crippen LogP contribution in [0.2, 0.25) is 0 Å². The first-order valence-electron chi connectivity index (χ1n) is 10.7. The molecule has 1 aromatic heterocycles. The molecule has 1 aliphatic rings. The van der Waals surface area contributed by atoms with Gasteiger partial charge in [-0.3, -0.25) is 9.48 Å². The van der Waals surface area contributed by atoms with Gasteiger partial charge in [0, 0.05) is 42.7 Å². The number of ketones is 1. The Balaban J connectivity index is 1.60. The fourth-order valence-electron chi connectivity index (χ4n) is 3.69. The topological polar surface area (TPSA) is 64.4 Å². The molecule has 0 aliphatic carbocycles. The number of ether oxygens (including phenoxy) is 1. The van der Waals surface area contributed by atoms with Crippen molar-refractivity contribution in [2.75, 3.05) is 13.1 Å². The average molecular weight is 418 g/mol. The van der Waals surface area contributed by atoms with Gasteiger partial charge in [-0.1, -0.05) is 12.1 Å². The molecule has 30 heavy (non-hydrogen) atoms. The summed E-state index contributed by atoms with van der Waals surface area (Å²) in [6.45, 7) is 10.1. The zero-order valence-corrected chi connectivity index (χ0v) is 18.6. The quantitative estimate of drug-likeness (QED) is 0.618. The van der Waals surface area contributed by atoms with E-state index in [2.05, 4.69) is 5.10 Å². The van der Waals surface area contributed by atoms with Crippen LogP contribution in [0.1, 0.15) is 76.7 Å². The van der Waals surface area contributed by atoms with E-state index >= 15 is 4.39 Å². The summed E-state index contributed by atoms with van der Waals surface area (Å²) >= 11 is 0. The number of fused-ring (bicyclic) bond motifs is 1. The number of hydrogen-bond donors (Lipinski definition) is 0. The van der Waals surface area contributed by atoms with Gasteiger partial charge in [0.1, 0.15) is 16.8 Å². The van der Waals surface area contributed by atoms with Gasteiger partial charge in [-0.25, -0.2) is 9.18 Å². The highest BCUT2D eigenvalue weighted by Gasteiger charge is 2.37. The highest BCUT2D eigenvalue weighted by Crippen LogP contribution is 2.33. The van der Waals surface area contributed by atoms with E-state index in [4.69, 9.17) is 4.74 Å². The molecule has 1 aliphatic heterocycles. The predicted octanol–water partition coefficient (Wildman–Crippen LogP) is 5.32. The normalized spacial score (nSPS) is 16.8. The van der Waals surface area contributed by atoms with E-state index < -0.39 is 17.4 Å². The summed E-state index contributed by atoms with van der Waals surface area (Å²) < 4.78 is 22.5. The second-order valence-electron chi connectivity index (χ2n) is 9.49. The maximum absolute atomic E-state index is 15.3. The Morgan fingerprint density at radius 3 is 2.50 bits per heavy atom. The Morgan fingerprint density at radius 1 is 1.23 bits per heavy atom. The van der Waals surface area contributed by atoms with E-state index in [1.54, 1.807) is 11.0 Å². The summed E-state index contributed by atoms with van der Waals surface area (Å²) in [4.78, 5) is 26.6. The van der Waals surface area contributed by atoms with E-state index in [0.29, 0.717) is 24.2 Å². The third-order valence-electron chi connectivity index (χ3n) is 5.49. The Bertz CT molecular complexity index is 921. The molecule has 1 aromatic carbocycles. The fraction of sp³-hybridized carbons (Fsp3) is 0.609. The number of hydrogen-bond acceptors (Lipinski definition) is 4. The van der Waals surface area contributed by atoms with Gasteiger partial charge in [0.2, 0.25) is 0 Å². The van der Waals surface area contributed by atoms with Crippen LogP contribution in [0.5, 0.6) is 0 Å². The number of aromatic nitrogens is 2. The molecule has 164 valence electrons. The molecule has 0 N–H and O–H groups in total. The van der Waals surface area contributed by atoms with E-state index in [9.17, 15) is 9.59 Å². The fourth-order valence-corrected chi connectivity index (χ4v) is 3.69. The minimum Gasteiger partial charge on any atom is -0.444 e. The van der Waals surface area contributed by atoms with Gasteiger partial charge in [-0.2, -0.15) is 5.10 Å². The van der Waals surface area contributed by atoms with Crippen LogP contribution < -0.4 is 0 Å². The lowest BCUT2D eigenvalue weighted by Crippen LogP contribution is -2.46. The Morgan fingerprint density at radius 2 is 1.90 bits per heavy atom. The first kappa shape index (κ1) is 22.2. The van der Waals surface area contributed by atoms with Crippen LogP contribution in [-0.2, 0) is 4.74 Å². The van der Waals surface area contributed by atoms with Crippen LogP contribution in [0.4, 0.5) is 9.18 Å². The molecule has 0 radical (unpaired) electrons. The minimum absolute atomic E-state index is 0.0961. The van der Waals surface area contributed by atoms with E-state index in [1.165, 1.54) is 0 Å². The van der Waals surface area contributed by atoms with Crippen molar-refractivity contribution >= 4 is 22.8 Å². The molecule has 0 unspecified atom stereocenters. The number of carbonyl (C=O) groups is 2. The van der Waals surface area contributed by atoms with Crippen LogP contribution in [0, 0.1) is 0 Å². The predicted molar refractivity (Wildman–Crippen MR) is 115 cm³/mol. The minimum atomic E-state index is -1.45. The summed E-state index contributed by atoms with van der Waals surface area (Å²) in [5.74, 6) is -0.0961. The molecular formula is C23H32FN3O3. The molecule has 2 aromatic rings. The molecule has 0 saturated carbocycles. The number of nitrogens with zero attached hydrogens (tertiary/aromatic N) is 3. The average Bonchev–Trinajstić information content (AvgIpc) is 3.10. The number of rotatable bonds is 5. The molecule has 3 rings (SSSR count). The Hall–Kier alpha value is -2.44. The van der Waals surface area contributed by atoms with Crippen LogP contribution in [-0.4, -0.2) is 50.9 Å². The molecule has 0 atom stereocenters. The molecule has 7 heteroatoms. The van der Waals surface area contributed by atoms with Crippen molar-refractivity contribution in [2.24, 2.45) is 0 Å². The van der Waals surface area contributed by atoms with Crippen molar-refractivity contribution in [1.82, 2.24) is 14.7 Å². The number of alkyl halides is 1. The summed E-state index contributed by atoms with van der Waals surface area (Å²) in [5, 5.41) is 5.46. The molecule has 2 heterocycles. The largest absolute Gasteiger partial charge is 0.444 e. The number of likely N-dealkylation sites (tertiary alicyclic amines) is 1. The third-order valence-corrected chi connectivity index (χ3v) is 5.49. The maximum atomic E-state index is 15.3. The van der Waals surface area contributed by atoms with E-state index in [-0.39, 0.29) is 37.5 Å². The van der Waals surface area contributed by atoms with Gasteiger partial charge < -0.3 is 9.64 Å². The molecule has 1 fully saturated rings. The van der Waals surface area contributed by atoms with Crippen molar-refractivity contribution in [2.45, 2.75) is 77.6 Å². The SMILES string of the molecule is CC(C)n1cc2cccc(C(=O)CCC3(F)CCN(C(=O)OC(C)(C)C)CC3)c2n1. The smallest absolute Gasteiger partial charge is 0.410 e. The molecule has 0 spiro atoms. The number of benzene rings is 1. The Kier molecular flexibility index (Phi) is 6.20. The monoisotopic (exact) mass is 417 g/mol. The molecular weight excluding hydrogens is 385 g/mol. The summed E-state index contributed by atoms with van der Waals surface area (Å²) in [6.07, 6.45) is 2.22. The zero-order chi connectivity index (χ0) is 22.1. The number of halogens is 1. The summed E-state index contributed by atoms with van der Waals surface area (Å²) in [5.41, 5.74) is -0.804. The van der Waals surface area contributed by atoms with Crippen molar-refractivity contribution in [3.05, 3.63) is 30.0 Å². The number of carbonyl (C=O) groups excluding carboxylic acids is 2. The van der Waals surface area contributed by atoms with E-state index in [0.717, 1.165) is 5.39 Å². The lowest BCUT2D eigenvalue weighted by atomic mass is 9.87. The van der Waals surface area contributed by atoms with Gasteiger partial charge in [0.25, 0.3) is 0 Å². The lowest BCUT2D eigenvalue weighted by molar-refractivity contribution is 0.00111. The van der Waals surface area contributed by atoms with Gasteiger partial charge in [0.05, 0.1) is 0 Å². The highest BCUT2D eigenvalue weighted by molar-refractivity contribution is 6.06. The first-order valence-corrected chi connectivity index (χ1v) is 10.7. The van der Waals surface area contributed by atoms with Gasteiger partial charge in [0.15, 0.2) is 5.78 Å². The molecule has 1 saturated heterocycles. The number of amides is 1. The van der Waals surface area contributed by atoms with Crippen LogP contribution >= 0.6 is 0 Å². The van der Waals surface area contributed by atoms with E-state index in [1.807, 2.05) is 57.6 Å². The number of piperidine rings is 1. The molecule has 0 bridgehead atoms. The second-order valence-corrected chi connectivity index (χ2v) is 9.49. The van der Waals surface area contributed by atoms with Gasteiger partial charge in [-0.15, -0.1) is 0 Å². The van der Waals surface area contributed by atoms with Crippen molar-refractivity contribution in [3.8, 4) is 0 Å². The highest BCUT2D eigenvalue weighted by atomic mass is 19.1. The maximum Gasteiger partial charge on any atom is 0.410 e. The van der Waals surface area contributed by atoms with Crippen molar-refractivity contribution in [3.63, 3.8) is 0 Å². The Labute approximate surface area is 177 Å². The number of Topliss-reactive ketones (excluding diaryl/α,β-unsaturated/α-hetero) is 1. The first-order chi connectivity index (χ1) is 14.0. The van der Waals surface area contributed by atoms with Gasteiger partial charge >= 0.3 is 6.09 Å².